The van der Waals surface area contributed by atoms with Crippen LogP contribution in [0.2, 0.25) is 0 Å². The Balaban J connectivity index is 1.21. The minimum absolute atomic E-state index is 0.910. The average molecular weight is 612 g/mol. The van der Waals surface area contributed by atoms with Gasteiger partial charge in [0.25, 0.3) is 0 Å². The minimum atomic E-state index is 0.910. The van der Waals surface area contributed by atoms with E-state index in [9.17, 15) is 0 Å². The van der Waals surface area contributed by atoms with E-state index in [1.54, 1.807) is 0 Å². The molecule has 0 fully saturated rings. The molecule has 2 heteroatoms. The summed E-state index contributed by atoms with van der Waals surface area (Å²) >= 11 is 0. The van der Waals surface area contributed by atoms with Crippen molar-refractivity contribution in [1.82, 2.24) is 0 Å². The summed E-state index contributed by atoms with van der Waals surface area (Å²) in [6.07, 6.45) is 0. The zero-order valence-corrected chi connectivity index (χ0v) is 26.1. The smallest absolute Gasteiger partial charge is 0.143 e. The summed E-state index contributed by atoms with van der Waals surface area (Å²) in [4.78, 5) is 2.39. The molecule has 0 bridgehead atoms. The van der Waals surface area contributed by atoms with E-state index in [0.717, 1.165) is 49.8 Å². The largest absolute Gasteiger partial charge is 0.455 e. The van der Waals surface area contributed by atoms with Crippen LogP contribution in [0.25, 0.3) is 76.2 Å². The van der Waals surface area contributed by atoms with Gasteiger partial charge < -0.3 is 9.32 Å². The third-order valence-electron chi connectivity index (χ3n) is 9.82. The molecule has 0 saturated heterocycles. The highest BCUT2D eigenvalue weighted by Gasteiger charge is 2.19. The SMILES string of the molecule is c1ccc(-c2ccc(N(c3ccc4c(ccc5ccc6ccccc6c54)c3)c3cccc4c3ccc3c5ccccc5oc43)cc2)cc1. The number of rotatable bonds is 4. The summed E-state index contributed by atoms with van der Waals surface area (Å²) < 4.78 is 6.49. The fourth-order valence-electron chi connectivity index (χ4n) is 7.54. The maximum atomic E-state index is 6.49. The Kier molecular flexibility index (Phi) is 5.91. The van der Waals surface area contributed by atoms with Crippen molar-refractivity contribution in [2.75, 3.05) is 4.90 Å². The van der Waals surface area contributed by atoms with Gasteiger partial charge in [-0.1, -0.05) is 133 Å². The Morgan fingerprint density at radius 1 is 0.354 bits per heavy atom. The van der Waals surface area contributed by atoms with Crippen molar-refractivity contribution in [3.05, 3.63) is 176 Å². The standard InChI is InChI=1S/C46H29NO/c1-2-9-30(10-3-1)31-21-23-35(24-22-31)47(43-15-8-14-41-39(43)27-28-42-40-13-6-7-16-44(40)48-46(41)42)36-25-26-38-34(29-36)20-19-33-18-17-32-11-4-5-12-37(32)45(33)38/h1-29H. The van der Waals surface area contributed by atoms with Gasteiger partial charge in [-0.15, -0.1) is 0 Å². The van der Waals surface area contributed by atoms with Crippen LogP contribution in [0, 0.1) is 0 Å². The molecule has 2 nitrogen and oxygen atoms in total. The first kappa shape index (κ1) is 26.8. The van der Waals surface area contributed by atoms with Crippen LogP contribution in [0.5, 0.6) is 0 Å². The molecule has 10 aromatic rings. The van der Waals surface area contributed by atoms with Crippen LogP contribution in [0.3, 0.4) is 0 Å². The van der Waals surface area contributed by atoms with Gasteiger partial charge in [-0.3, -0.25) is 0 Å². The number of anilines is 3. The van der Waals surface area contributed by atoms with Gasteiger partial charge in [0.15, 0.2) is 0 Å². The highest BCUT2D eigenvalue weighted by molar-refractivity contribution is 6.21. The van der Waals surface area contributed by atoms with Gasteiger partial charge in [0.05, 0.1) is 5.69 Å². The lowest BCUT2D eigenvalue weighted by atomic mass is 9.96. The fraction of sp³-hybridized carbons (Fsp3) is 0. The Morgan fingerprint density at radius 3 is 1.83 bits per heavy atom. The zero-order chi connectivity index (χ0) is 31.6. The summed E-state index contributed by atoms with van der Waals surface area (Å²) in [5, 5.41) is 12.1. The first-order valence-corrected chi connectivity index (χ1v) is 16.4. The molecule has 0 aliphatic rings. The highest BCUT2D eigenvalue weighted by atomic mass is 16.3. The van der Waals surface area contributed by atoms with Gasteiger partial charge in [-0.05, 0) is 85.9 Å². The van der Waals surface area contributed by atoms with Crippen LogP contribution in [-0.4, -0.2) is 0 Å². The topological polar surface area (TPSA) is 16.4 Å². The molecule has 1 heterocycles. The predicted octanol–water partition coefficient (Wildman–Crippen LogP) is 13.3. The molecule has 0 atom stereocenters. The fourth-order valence-corrected chi connectivity index (χ4v) is 7.54. The molecular weight excluding hydrogens is 583 g/mol. The normalized spacial score (nSPS) is 11.8. The maximum absolute atomic E-state index is 6.49. The van der Waals surface area contributed by atoms with E-state index in [1.807, 2.05) is 12.1 Å². The van der Waals surface area contributed by atoms with E-state index < -0.39 is 0 Å². The number of nitrogens with zero attached hydrogens (tertiary/aromatic N) is 1. The molecule has 9 aromatic carbocycles. The third kappa shape index (κ3) is 4.13. The average Bonchev–Trinajstić information content (AvgIpc) is 3.55. The number of furan rings is 1. The molecule has 0 saturated carbocycles. The quantitative estimate of drug-likeness (QED) is 0.184. The first-order chi connectivity index (χ1) is 23.8. The number of hydrogen-bond acceptors (Lipinski definition) is 2. The molecule has 1 aromatic heterocycles. The summed E-state index contributed by atoms with van der Waals surface area (Å²) in [6.45, 7) is 0. The van der Waals surface area contributed by atoms with Crippen molar-refractivity contribution >= 4 is 82.1 Å². The molecule has 0 amide bonds. The highest BCUT2D eigenvalue weighted by Crippen LogP contribution is 2.44. The Bertz CT molecular complexity index is 2830. The van der Waals surface area contributed by atoms with Crippen LogP contribution < -0.4 is 4.90 Å². The van der Waals surface area contributed by atoms with Crippen molar-refractivity contribution in [1.29, 1.82) is 0 Å². The van der Waals surface area contributed by atoms with Gasteiger partial charge >= 0.3 is 0 Å². The second kappa shape index (κ2) is 10.6. The van der Waals surface area contributed by atoms with Crippen LogP contribution in [-0.2, 0) is 0 Å². The predicted molar refractivity (Wildman–Crippen MR) is 204 cm³/mol. The van der Waals surface area contributed by atoms with Crippen LogP contribution in [0.15, 0.2) is 180 Å². The molecule has 48 heavy (non-hydrogen) atoms. The monoisotopic (exact) mass is 611 g/mol. The van der Waals surface area contributed by atoms with E-state index in [-0.39, 0.29) is 0 Å². The summed E-state index contributed by atoms with van der Waals surface area (Å²) in [5.41, 5.74) is 7.54. The molecule has 10 rings (SSSR count). The first-order valence-electron chi connectivity index (χ1n) is 16.4. The number of fused-ring (bicyclic) bond motifs is 10. The van der Waals surface area contributed by atoms with E-state index in [2.05, 4.69) is 169 Å². The van der Waals surface area contributed by atoms with E-state index in [1.165, 1.54) is 43.4 Å². The molecular formula is C46H29NO. The van der Waals surface area contributed by atoms with Gasteiger partial charge in [-0.25, -0.2) is 0 Å². The van der Waals surface area contributed by atoms with Crippen molar-refractivity contribution < 1.29 is 4.42 Å². The molecule has 224 valence electrons. The Labute approximate surface area is 277 Å². The third-order valence-corrected chi connectivity index (χ3v) is 9.82. The minimum Gasteiger partial charge on any atom is -0.455 e. The second-order valence-corrected chi connectivity index (χ2v) is 12.5. The van der Waals surface area contributed by atoms with Crippen LogP contribution in [0.1, 0.15) is 0 Å². The molecule has 0 radical (unpaired) electrons. The van der Waals surface area contributed by atoms with Crippen LogP contribution in [0.4, 0.5) is 17.1 Å². The van der Waals surface area contributed by atoms with Gasteiger partial charge in [0.1, 0.15) is 11.2 Å². The molecule has 0 unspecified atom stereocenters. The summed E-state index contributed by atoms with van der Waals surface area (Å²) in [5.74, 6) is 0. The summed E-state index contributed by atoms with van der Waals surface area (Å²) in [7, 11) is 0. The zero-order valence-electron chi connectivity index (χ0n) is 26.1. The lowest BCUT2D eigenvalue weighted by Gasteiger charge is -2.27. The Hall–Kier alpha value is -6.38. The van der Waals surface area contributed by atoms with E-state index >= 15 is 0 Å². The molecule has 0 spiro atoms. The second-order valence-electron chi connectivity index (χ2n) is 12.5. The molecule has 0 aliphatic heterocycles. The van der Waals surface area contributed by atoms with Crippen molar-refractivity contribution in [2.24, 2.45) is 0 Å². The lowest BCUT2D eigenvalue weighted by Crippen LogP contribution is -2.10. The van der Waals surface area contributed by atoms with E-state index in [0.29, 0.717) is 0 Å². The lowest BCUT2D eigenvalue weighted by molar-refractivity contribution is 0.672. The van der Waals surface area contributed by atoms with Crippen molar-refractivity contribution in [3.63, 3.8) is 0 Å². The molecule has 0 aliphatic carbocycles. The number of hydrogen-bond donors (Lipinski definition) is 0. The van der Waals surface area contributed by atoms with Gasteiger partial charge in [0, 0.05) is 32.9 Å². The van der Waals surface area contributed by atoms with E-state index in [4.69, 9.17) is 4.42 Å². The number of para-hydroxylation sites is 1. The Morgan fingerprint density at radius 2 is 0.958 bits per heavy atom. The summed E-state index contributed by atoms with van der Waals surface area (Å²) in [6, 6.07) is 63.3. The van der Waals surface area contributed by atoms with Crippen LogP contribution >= 0.6 is 0 Å². The molecule has 0 N–H and O–H groups in total. The number of benzene rings is 9. The van der Waals surface area contributed by atoms with Gasteiger partial charge in [-0.2, -0.15) is 0 Å². The van der Waals surface area contributed by atoms with Crippen molar-refractivity contribution in [3.8, 4) is 11.1 Å². The van der Waals surface area contributed by atoms with Crippen molar-refractivity contribution in [2.45, 2.75) is 0 Å². The maximum Gasteiger partial charge on any atom is 0.143 e. The van der Waals surface area contributed by atoms with Gasteiger partial charge in [0.2, 0.25) is 0 Å².